The number of nitrogens with one attached hydrogen (secondary N) is 11. The summed E-state index contributed by atoms with van der Waals surface area (Å²) in [6.45, 7) is 11.2. The van der Waals surface area contributed by atoms with Crippen LogP contribution in [0.4, 0.5) is 0 Å². The second kappa shape index (κ2) is 29.3. The molecule has 4 aromatic rings. The zero-order chi connectivity index (χ0) is 62.5. The third-order valence-electron chi connectivity index (χ3n) is 15.6. The Morgan fingerprint density at radius 2 is 1.55 bits per heavy atom. The summed E-state index contributed by atoms with van der Waals surface area (Å²) >= 11 is 0. The number of amides is 9. The first-order valence-corrected chi connectivity index (χ1v) is 29.3. The fourth-order valence-corrected chi connectivity index (χ4v) is 11.1. The highest BCUT2D eigenvalue weighted by atomic mass is 16.4. The minimum Gasteiger partial charge on any atom is -0.480 e. The van der Waals surface area contributed by atoms with E-state index in [0.29, 0.717) is 52.9 Å². The number of aliphatic carboxylic acids is 1. The number of carboxylic acid groups (broad SMARTS) is 1. The summed E-state index contributed by atoms with van der Waals surface area (Å²) in [6, 6.07) is -6.52. The molecule has 0 aliphatic carbocycles. The number of H-pyrrole nitrogens is 2. The maximum Gasteiger partial charge on any atom is 0.326 e. The molecule has 4 aliphatic rings. The number of fused-ring (bicyclic) bond motifs is 13. The number of nitrogens with zero attached hydrogens (tertiary/aromatic N) is 4. The third-order valence-corrected chi connectivity index (χ3v) is 15.6. The van der Waals surface area contributed by atoms with Crippen molar-refractivity contribution >= 4 is 76.0 Å². The number of carbonyl (C=O) groups is 10. The number of carbonyl (C=O) groups excluding carboxylic acids is 9. The van der Waals surface area contributed by atoms with E-state index in [0.717, 1.165) is 0 Å². The van der Waals surface area contributed by atoms with Crippen LogP contribution in [-0.2, 0) is 67.2 Å². The zero-order valence-corrected chi connectivity index (χ0v) is 49.3. The number of hydrogen-bond donors (Lipinski definition) is 15. The molecule has 4 aliphatic heterocycles. The summed E-state index contributed by atoms with van der Waals surface area (Å²) < 4.78 is 1.61. The van der Waals surface area contributed by atoms with Gasteiger partial charge in [-0.1, -0.05) is 53.7 Å². The largest absolute Gasteiger partial charge is 0.480 e. The number of aliphatic imine (C=N–C) groups is 1. The number of imidazole rings is 2. The average Bonchev–Trinajstić information content (AvgIpc) is 1.72. The van der Waals surface area contributed by atoms with E-state index in [-0.39, 0.29) is 93.7 Å². The Morgan fingerprint density at radius 3 is 2.20 bits per heavy atom. The fourth-order valence-electron chi connectivity index (χ4n) is 11.1. The number of aromatic nitrogens is 5. The van der Waals surface area contributed by atoms with Crippen molar-refractivity contribution in [3.63, 3.8) is 0 Å². The van der Waals surface area contributed by atoms with E-state index in [2.05, 4.69) is 72.8 Å². The van der Waals surface area contributed by atoms with Crippen molar-refractivity contribution < 1.29 is 53.1 Å². The first kappa shape index (κ1) is 64.7. The van der Waals surface area contributed by atoms with Crippen molar-refractivity contribution in [1.82, 2.24) is 72.4 Å². The molecule has 29 heteroatoms. The van der Waals surface area contributed by atoms with Crippen molar-refractivity contribution in [2.75, 3.05) is 13.1 Å². The number of guanidine groups is 1. The van der Waals surface area contributed by atoms with Gasteiger partial charge in [-0.15, -0.1) is 0 Å². The molecule has 1 saturated heterocycles. The van der Waals surface area contributed by atoms with E-state index in [4.69, 9.17) is 17.2 Å². The van der Waals surface area contributed by atoms with Crippen LogP contribution in [0.1, 0.15) is 121 Å². The standard InChI is InChI=1S/C57H82N18O11/c1-27(2)18-39-53(82)73-45(29(5)6)54(83)72-42-22-34-33-13-12-30(44(28(3)4)46(55(84)71-39)74-49(78)36-14-15-43(76)65-36)19-38(33)66-47(34)75-24-32(64-26-75)21-41(69-48(77)35(67-52(42)81)11-9-17-62-57(59)60)51(80)70-40(20-31-23-61-25-63-31)50(79)68-37(56(85)86)10-7-8-16-58/h12-13,19,23-29,35-37,39-42,44-46,66H,7-11,14-18,20-22,58H2,1-6H3,(H,61,63)(H,65,76)(H,67,81)(H,68,79)(H,69,77)(H,70,80)(H,71,84)(H,72,83)(H,73,82)(H,74,78)(H,85,86)(H4,59,60,62)/t35-,36-,37-,39-,40+,41+,42+,44-,45-,46-/m1/s1. The van der Waals surface area contributed by atoms with Gasteiger partial charge in [0.05, 0.1) is 12.0 Å². The molecule has 466 valence electrons. The molecule has 7 heterocycles. The first-order valence-electron chi connectivity index (χ1n) is 29.3. The van der Waals surface area contributed by atoms with Gasteiger partial charge in [-0.25, -0.2) is 14.8 Å². The van der Waals surface area contributed by atoms with Crippen molar-refractivity contribution in [2.45, 2.75) is 172 Å². The predicted octanol–water partition coefficient (Wildman–Crippen LogP) is -1.70. The molecule has 29 nitrogen and oxygen atoms in total. The van der Waals surface area contributed by atoms with Gasteiger partial charge in [0.1, 0.15) is 66.5 Å². The third kappa shape index (κ3) is 16.7. The van der Waals surface area contributed by atoms with Crippen molar-refractivity contribution in [1.29, 1.82) is 0 Å². The van der Waals surface area contributed by atoms with Crippen LogP contribution in [0.5, 0.6) is 0 Å². The Morgan fingerprint density at radius 1 is 0.802 bits per heavy atom. The van der Waals surface area contributed by atoms with Gasteiger partial charge in [-0.05, 0) is 80.9 Å². The molecule has 0 unspecified atom stereocenters. The number of benzene rings is 1. The maximum absolute atomic E-state index is 15.2. The van der Waals surface area contributed by atoms with Gasteiger partial charge in [0, 0.05) is 72.7 Å². The summed E-state index contributed by atoms with van der Waals surface area (Å²) in [6.07, 6.45) is 6.57. The van der Waals surface area contributed by atoms with Crippen molar-refractivity contribution in [3.8, 4) is 5.82 Å². The van der Waals surface area contributed by atoms with E-state index < -0.39 is 119 Å². The number of nitrogens with two attached hydrogens (primary N) is 3. The zero-order valence-electron chi connectivity index (χ0n) is 49.3. The molecule has 3 aromatic heterocycles. The Bertz CT molecular complexity index is 3150. The highest BCUT2D eigenvalue weighted by Crippen LogP contribution is 2.35. The SMILES string of the molecule is CC(C)C[C@H]1NC(=O)[C@H](NC(=O)[C@H]2CCC(=O)N2)[C@H](C(C)C)c2ccc3c4c([nH]c3c2)-n2cnc(c2)C[C@@H](C(=O)N[C@@H](Cc2cnc[nH]2)C(=O)N[C@H](CCCCN)C(=O)O)NC(=O)[C@@H](CCCN=C(N)N)NC(=O)[C@H](C4)NC(=O)[C@@H](C(C)C)NC1=O. The van der Waals surface area contributed by atoms with Crippen molar-refractivity contribution in [2.24, 2.45) is 39.9 Å². The van der Waals surface area contributed by atoms with Crippen LogP contribution in [-0.4, -0.2) is 162 Å². The van der Waals surface area contributed by atoms with Gasteiger partial charge in [-0.2, -0.15) is 0 Å². The van der Waals surface area contributed by atoms with Gasteiger partial charge in [0.2, 0.25) is 53.2 Å². The van der Waals surface area contributed by atoms with Gasteiger partial charge in [0.25, 0.3) is 0 Å². The number of aromatic amines is 2. The molecule has 10 atom stereocenters. The second-order valence-corrected chi connectivity index (χ2v) is 23.4. The van der Waals surface area contributed by atoms with E-state index in [1.165, 1.54) is 18.9 Å². The van der Waals surface area contributed by atoms with E-state index in [1.54, 1.807) is 36.7 Å². The Balaban J connectivity index is 1.37. The summed E-state index contributed by atoms with van der Waals surface area (Å²) in [5.41, 5.74) is 19.1. The summed E-state index contributed by atoms with van der Waals surface area (Å²) in [5, 5.41) is 35.6. The lowest BCUT2D eigenvalue weighted by atomic mass is 9.81. The van der Waals surface area contributed by atoms with E-state index in [9.17, 15) is 48.3 Å². The minimum absolute atomic E-state index is 0.0235. The van der Waals surface area contributed by atoms with Crippen LogP contribution in [0.3, 0.4) is 0 Å². The Hall–Kier alpha value is -8.89. The first-order chi connectivity index (χ1) is 40.9. The molecule has 9 amide bonds. The monoisotopic (exact) mass is 1190 g/mol. The minimum atomic E-state index is -1.51. The quantitative estimate of drug-likeness (QED) is 0.0191. The maximum atomic E-state index is 15.2. The number of hydrogen-bond acceptors (Lipinski definition) is 14. The number of rotatable bonds is 21. The van der Waals surface area contributed by atoms with E-state index in [1.807, 2.05) is 33.8 Å². The molecule has 18 N–H and O–H groups in total. The summed E-state index contributed by atoms with van der Waals surface area (Å²) in [5.74, 6) is -9.54. The molecule has 7 bridgehead atoms. The van der Waals surface area contributed by atoms with Gasteiger partial charge < -0.3 is 80.1 Å². The van der Waals surface area contributed by atoms with Gasteiger partial charge in [0.15, 0.2) is 5.96 Å². The second-order valence-electron chi connectivity index (χ2n) is 23.4. The van der Waals surface area contributed by atoms with Crippen LogP contribution < -0.4 is 65.1 Å². The molecule has 86 heavy (non-hydrogen) atoms. The molecular formula is C57H82N18O11. The van der Waals surface area contributed by atoms with Crippen LogP contribution in [0.2, 0.25) is 0 Å². The molecule has 0 radical (unpaired) electrons. The molecule has 0 spiro atoms. The normalized spacial score (nSPS) is 22.9. The number of unbranched alkanes of at least 4 members (excludes halogenated alkanes) is 1. The summed E-state index contributed by atoms with van der Waals surface area (Å²) in [7, 11) is 0. The summed E-state index contributed by atoms with van der Waals surface area (Å²) in [4.78, 5) is 161. The lowest BCUT2D eigenvalue weighted by Gasteiger charge is -2.33. The Labute approximate surface area is 496 Å². The smallest absolute Gasteiger partial charge is 0.326 e. The van der Waals surface area contributed by atoms with Crippen molar-refractivity contribution in [3.05, 3.63) is 65.8 Å². The molecule has 0 saturated carbocycles. The molecular weight excluding hydrogens is 1110 g/mol. The van der Waals surface area contributed by atoms with Gasteiger partial charge in [-0.3, -0.25) is 52.7 Å². The molecule has 1 aromatic carbocycles. The van der Waals surface area contributed by atoms with Crippen LogP contribution in [0.25, 0.3) is 16.7 Å². The van der Waals surface area contributed by atoms with Crippen LogP contribution in [0, 0.1) is 17.8 Å². The highest BCUT2D eigenvalue weighted by Gasteiger charge is 2.41. The van der Waals surface area contributed by atoms with E-state index >= 15 is 4.79 Å². The fraction of sp³-hybridized carbons (Fsp3) is 0.561. The molecule has 1 fully saturated rings. The van der Waals surface area contributed by atoms with Crippen LogP contribution >= 0.6 is 0 Å². The lowest BCUT2D eigenvalue weighted by molar-refractivity contribution is -0.142. The predicted molar refractivity (Wildman–Crippen MR) is 314 cm³/mol. The lowest BCUT2D eigenvalue weighted by Crippen LogP contribution is -2.62. The van der Waals surface area contributed by atoms with Crippen LogP contribution in [0.15, 0.2) is 48.2 Å². The Kier molecular flexibility index (Phi) is 22.0. The number of carboxylic acids is 1. The highest BCUT2D eigenvalue weighted by molar-refractivity contribution is 6.00. The van der Waals surface area contributed by atoms with Gasteiger partial charge >= 0.3 is 5.97 Å². The molecule has 8 rings (SSSR count). The topological polar surface area (TPSA) is 452 Å². The average molecular weight is 1200 g/mol.